The molecule has 1 aromatic rings. The van der Waals surface area contributed by atoms with E-state index < -0.39 is 0 Å². The van der Waals surface area contributed by atoms with E-state index >= 15 is 0 Å². The molecule has 134 valence electrons. The Balaban J connectivity index is 0.00000264. The summed E-state index contributed by atoms with van der Waals surface area (Å²) in [5, 5.41) is 12.2. The van der Waals surface area contributed by atoms with Crippen LogP contribution < -0.4 is 10.2 Å². The van der Waals surface area contributed by atoms with Crippen LogP contribution in [0.25, 0.3) is 0 Å². The second kappa shape index (κ2) is 12.0. The zero-order valence-electron chi connectivity index (χ0n) is 14.0. The maximum absolute atomic E-state index is 12.0. The highest BCUT2D eigenvalue weighted by Crippen LogP contribution is 2.16. The summed E-state index contributed by atoms with van der Waals surface area (Å²) in [6.45, 7) is 2.78. The third-order valence-corrected chi connectivity index (χ3v) is 4.04. The first-order valence-corrected chi connectivity index (χ1v) is 7.88. The predicted octanol–water partition coefficient (Wildman–Crippen LogP) is 2.46. The van der Waals surface area contributed by atoms with Crippen LogP contribution in [0.15, 0.2) is 30.3 Å². The van der Waals surface area contributed by atoms with Gasteiger partial charge in [-0.1, -0.05) is 18.2 Å². The third-order valence-electron chi connectivity index (χ3n) is 4.04. The number of carbonyl (C=O) groups excluding carboxylic acids is 1. The number of anilines is 1. The maximum Gasteiger partial charge on any atom is 0.237 e. The highest BCUT2D eigenvalue weighted by Gasteiger charge is 2.27. The van der Waals surface area contributed by atoms with Crippen LogP contribution in [0.1, 0.15) is 19.3 Å². The van der Waals surface area contributed by atoms with Crippen molar-refractivity contribution >= 4 is 36.4 Å². The molecule has 0 spiro atoms. The summed E-state index contributed by atoms with van der Waals surface area (Å²) in [5.74, 6) is 0.0421. The minimum atomic E-state index is -0.224. The predicted molar refractivity (Wildman–Crippen MR) is 102 cm³/mol. The number of halogens is 2. The summed E-state index contributed by atoms with van der Waals surface area (Å²) in [6, 6.07) is 12.2. The Hall–Kier alpha value is -1.48. The van der Waals surface area contributed by atoms with Crippen LogP contribution in [0.4, 0.5) is 5.69 Å². The van der Waals surface area contributed by atoms with E-state index in [9.17, 15) is 4.79 Å². The fourth-order valence-corrected chi connectivity index (χ4v) is 2.75. The molecule has 1 aromatic carbocycles. The first kappa shape index (κ1) is 22.5. The van der Waals surface area contributed by atoms with E-state index in [1.54, 1.807) is 4.90 Å². The van der Waals surface area contributed by atoms with Crippen molar-refractivity contribution in [2.45, 2.75) is 25.3 Å². The molecule has 5 nitrogen and oxygen atoms in total. The molecular weight excluding hydrogens is 347 g/mol. The number of rotatable bonds is 7. The largest absolute Gasteiger partial charge is 0.375 e. The van der Waals surface area contributed by atoms with E-state index in [0.717, 1.165) is 38.9 Å². The summed E-state index contributed by atoms with van der Waals surface area (Å²) in [6.07, 6.45) is 2.72. The van der Waals surface area contributed by atoms with Crippen LogP contribution in [0, 0.1) is 11.3 Å². The van der Waals surface area contributed by atoms with Crippen molar-refractivity contribution in [2.75, 3.05) is 38.1 Å². The SMILES string of the molecule is CN(CCCNCC(=O)N1CCC[C@H]1C#N)c1ccccc1.Cl.Cl. The summed E-state index contributed by atoms with van der Waals surface area (Å²) in [5.41, 5.74) is 1.20. The molecule has 1 fully saturated rings. The Morgan fingerprint density at radius 1 is 1.38 bits per heavy atom. The second-order valence-corrected chi connectivity index (χ2v) is 5.66. The Bertz CT molecular complexity index is 521. The lowest BCUT2D eigenvalue weighted by atomic mass is 10.2. The van der Waals surface area contributed by atoms with Gasteiger partial charge in [0.05, 0.1) is 12.6 Å². The standard InChI is InChI=1S/C17H24N4O.2ClH/c1-20(15-7-3-2-4-8-15)11-6-10-19-14-17(22)21-12-5-9-16(21)13-18;;/h2-4,7-8,16,19H,5-6,9-12,14H2,1H3;2*1H/t16-;;/m0../s1. The number of likely N-dealkylation sites (tertiary alicyclic amines) is 1. The Labute approximate surface area is 156 Å². The van der Waals surface area contributed by atoms with Gasteiger partial charge in [0.2, 0.25) is 5.91 Å². The molecule has 0 aliphatic carbocycles. The number of hydrogen-bond donors (Lipinski definition) is 1. The van der Waals surface area contributed by atoms with E-state index in [1.807, 2.05) is 18.2 Å². The number of para-hydroxylation sites is 1. The van der Waals surface area contributed by atoms with Crippen molar-refractivity contribution in [3.63, 3.8) is 0 Å². The van der Waals surface area contributed by atoms with Crippen molar-refractivity contribution in [1.82, 2.24) is 10.2 Å². The normalized spacial score (nSPS) is 15.8. The van der Waals surface area contributed by atoms with Gasteiger partial charge in [0.25, 0.3) is 0 Å². The first-order valence-electron chi connectivity index (χ1n) is 7.88. The summed E-state index contributed by atoms with van der Waals surface area (Å²) in [4.78, 5) is 15.9. The van der Waals surface area contributed by atoms with Crippen molar-refractivity contribution in [3.8, 4) is 6.07 Å². The van der Waals surface area contributed by atoms with E-state index in [0.29, 0.717) is 6.54 Å². The molecule has 1 N–H and O–H groups in total. The second-order valence-electron chi connectivity index (χ2n) is 5.66. The Morgan fingerprint density at radius 2 is 2.08 bits per heavy atom. The lowest BCUT2D eigenvalue weighted by Crippen LogP contribution is -2.41. The van der Waals surface area contributed by atoms with Crippen molar-refractivity contribution < 1.29 is 4.79 Å². The molecule has 0 aromatic heterocycles. The van der Waals surface area contributed by atoms with Gasteiger partial charge in [0, 0.05) is 25.8 Å². The molecule has 1 aliphatic rings. The van der Waals surface area contributed by atoms with E-state index in [2.05, 4.69) is 35.5 Å². The Morgan fingerprint density at radius 3 is 2.75 bits per heavy atom. The number of benzene rings is 1. The van der Waals surface area contributed by atoms with Crippen LogP contribution in [-0.4, -0.2) is 50.1 Å². The fraction of sp³-hybridized carbons (Fsp3) is 0.529. The van der Waals surface area contributed by atoms with Gasteiger partial charge in [0.15, 0.2) is 0 Å². The third kappa shape index (κ3) is 6.56. The smallest absolute Gasteiger partial charge is 0.237 e. The summed E-state index contributed by atoms with van der Waals surface area (Å²) < 4.78 is 0. The van der Waals surface area contributed by atoms with E-state index in [-0.39, 0.29) is 36.8 Å². The molecule has 1 saturated heterocycles. The number of amides is 1. The first-order chi connectivity index (χ1) is 10.7. The molecule has 24 heavy (non-hydrogen) atoms. The van der Waals surface area contributed by atoms with Crippen LogP contribution in [0.5, 0.6) is 0 Å². The number of nitrogens with one attached hydrogen (secondary N) is 1. The molecule has 1 aliphatic heterocycles. The zero-order chi connectivity index (χ0) is 15.8. The van der Waals surface area contributed by atoms with E-state index in [4.69, 9.17) is 5.26 Å². The molecule has 1 amide bonds. The minimum absolute atomic E-state index is 0. The molecule has 2 rings (SSSR count). The minimum Gasteiger partial charge on any atom is -0.375 e. The van der Waals surface area contributed by atoms with Crippen LogP contribution in [0.3, 0.4) is 0 Å². The quantitative estimate of drug-likeness (QED) is 0.746. The van der Waals surface area contributed by atoms with Crippen LogP contribution in [-0.2, 0) is 4.79 Å². The highest BCUT2D eigenvalue weighted by atomic mass is 35.5. The average molecular weight is 373 g/mol. The van der Waals surface area contributed by atoms with Crippen LogP contribution in [0.2, 0.25) is 0 Å². The fourth-order valence-electron chi connectivity index (χ4n) is 2.75. The van der Waals surface area contributed by atoms with Crippen LogP contribution >= 0.6 is 24.8 Å². The number of nitriles is 1. The van der Waals surface area contributed by atoms with Gasteiger partial charge < -0.3 is 15.1 Å². The summed E-state index contributed by atoms with van der Waals surface area (Å²) >= 11 is 0. The summed E-state index contributed by atoms with van der Waals surface area (Å²) in [7, 11) is 2.07. The lowest BCUT2D eigenvalue weighted by Gasteiger charge is -2.21. The highest BCUT2D eigenvalue weighted by molar-refractivity contribution is 5.85. The molecule has 0 saturated carbocycles. The van der Waals surface area contributed by atoms with Crippen molar-refractivity contribution in [1.29, 1.82) is 5.26 Å². The molecule has 0 radical (unpaired) electrons. The van der Waals surface area contributed by atoms with Gasteiger partial charge in [-0.2, -0.15) is 5.26 Å². The zero-order valence-corrected chi connectivity index (χ0v) is 15.6. The topological polar surface area (TPSA) is 59.4 Å². The van der Waals surface area contributed by atoms with Gasteiger partial charge in [0.1, 0.15) is 6.04 Å². The van der Waals surface area contributed by atoms with Gasteiger partial charge >= 0.3 is 0 Å². The average Bonchev–Trinajstić information content (AvgIpc) is 3.03. The number of nitrogens with zero attached hydrogens (tertiary/aromatic N) is 3. The maximum atomic E-state index is 12.0. The lowest BCUT2D eigenvalue weighted by molar-refractivity contribution is -0.130. The Kier molecular flexibility index (Phi) is 11.2. The molecule has 0 bridgehead atoms. The van der Waals surface area contributed by atoms with Gasteiger partial charge in [-0.3, -0.25) is 4.79 Å². The van der Waals surface area contributed by atoms with Crippen molar-refractivity contribution in [2.24, 2.45) is 0 Å². The number of hydrogen-bond acceptors (Lipinski definition) is 4. The van der Waals surface area contributed by atoms with E-state index in [1.165, 1.54) is 5.69 Å². The van der Waals surface area contributed by atoms with Gasteiger partial charge in [-0.15, -0.1) is 24.8 Å². The van der Waals surface area contributed by atoms with Crippen molar-refractivity contribution in [3.05, 3.63) is 30.3 Å². The number of carbonyl (C=O) groups is 1. The molecule has 7 heteroatoms. The molecule has 1 heterocycles. The van der Waals surface area contributed by atoms with Gasteiger partial charge in [-0.25, -0.2) is 0 Å². The molecule has 1 atom stereocenters. The molecule has 0 unspecified atom stereocenters. The van der Waals surface area contributed by atoms with Gasteiger partial charge in [-0.05, 0) is 37.9 Å². The monoisotopic (exact) mass is 372 g/mol. The molecular formula is C17H26Cl2N4O.